The number of aliphatic hydroxyl groups is 2. The molecule has 0 saturated carbocycles. The molecular formula is C14H26O7. The Kier molecular flexibility index (Phi) is 5.96. The van der Waals surface area contributed by atoms with Crippen molar-refractivity contribution in [3.05, 3.63) is 0 Å². The second kappa shape index (κ2) is 7.32. The highest BCUT2D eigenvalue weighted by molar-refractivity contribution is 4.86. The van der Waals surface area contributed by atoms with E-state index < -0.39 is 18.7 Å². The molecule has 2 heterocycles. The molecule has 1 unspecified atom stereocenters. The van der Waals surface area contributed by atoms with Crippen molar-refractivity contribution >= 4 is 0 Å². The van der Waals surface area contributed by atoms with Gasteiger partial charge in [-0.05, 0) is 13.8 Å². The minimum Gasteiger partial charge on any atom is -0.388 e. The zero-order valence-corrected chi connectivity index (χ0v) is 13.0. The van der Waals surface area contributed by atoms with Crippen LogP contribution >= 0.6 is 0 Å². The molecule has 7 heteroatoms. The lowest BCUT2D eigenvalue weighted by Crippen LogP contribution is -2.54. The lowest BCUT2D eigenvalue weighted by Gasteiger charge is -2.42. The highest BCUT2D eigenvalue weighted by Crippen LogP contribution is 2.29. The monoisotopic (exact) mass is 306 g/mol. The van der Waals surface area contributed by atoms with Crippen LogP contribution in [0.4, 0.5) is 0 Å². The standard InChI is InChI=1S/C14H26O7/c1-7-13(16)9(17-3)6-12(20-7)21-14-8(2)19-11(15)5-10(14)18-4/h7-16H,5-6H2,1-4H3/t7-,8-,9+,10+,11?,12+,13-,14-/m1/s1. The van der Waals surface area contributed by atoms with Crippen molar-refractivity contribution in [1.82, 2.24) is 0 Å². The Morgan fingerprint density at radius 1 is 0.905 bits per heavy atom. The van der Waals surface area contributed by atoms with Crippen molar-refractivity contribution in [3.63, 3.8) is 0 Å². The normalized spacial score (nSPS) is 48.3. The summed E-state index contributed by atoms with van der Waals surface area (Å²) in [7, 11) is 3.14. The first-order chi connectivity index (χ1) is 9.96. The van der Waals surface area contributed by atoms with Crippen molar-refractivity contribution in [2.24, 2.45) is 0 Å². The van der Waals surface area contributed by atoms with Gasteiger partial charge in [0, 0.05) is 27.1 Å². The quantitative estimate of drug-likeness (QED) is 0.757. The molecule has 0 radical (unpaired) electrons. The van der Waals surface area contributed by atoms with Crippen LogP contribution in [0.1, 0.15) is 26.7 Å². The topological polar surface area (TPSA) is 86.6 Å². The lowest BCUT2D eigenvalue weighted by atomic mass is 10.0. The maximum atomic E-state index is 9.96. The van der Waals surface area contributed by atoms with Crippen LogP contribution in [-0.2, 0) is 23.7 Å². The molecule has 2 N–H and O–H groups in total. The Bertz CT molecular complexity index is 326. The van der Waals surface area contributed by atoms with Gasteiger partial charge in [0.15, 0.2) is 12.6 Å². The predicted octanol–water partition coefficient (Wildman–Crippen LogP) is 0.0246. The van der Waals surface area contributed by atoms with Crippen LogP contribution in [0.15, 0.2) is 0 Å². The molecule has 124 valence electrons. The summed E-state index contributed by atoms with van der Waals surface area (Å²) < 4.78 is 27.7. The number of hydrogen-bond donors (Lipinski definition) is 2. The average molecular weight is 306 g/mol. The second-order valence-electron chi connectivity index (χ2n) is 5.68. The third kappa shape index (κ3) is 3.92. The minimum absolute atomic E-state index is 0.268. The fourth-order valence-electron chi connectivity index (χ4n) is 2.95. The van der Waals surface area contributed by atoms with Crippen molar-refractivity contribution in [1.29, 1.82) is 0 Å². The highest BCUT2D eigenvalue weighted by Gasteiger charge is 2.42. The average Bonchev–Trinajstić information content (AvgIpc) is 2.45. The van der Waals surface area contributed by atoms with Gasteiger partial charge in [-0.25, -0.2) is 0 Å². The van der Waals surface area contributed by atoms with E-state index in [9.17, 15) is 10.2 Å². The van der Waals surface area contributed by atoms with Crippen LogP contribution in [-0.4, -0.2) is 73.6 Å². The van der Waals surface area contributed by atoms with Gasteiger partial charge in [0.1, 0.15) is 12.2 Å². The number of hydrogen-bond acceptors (Lipinski definition) is 7. The molecule has 2 saturated heterocycles. The van der Waals surface area contributed by atoms with E-state index in [1.165, 1.54) is 0 Å². The third-order valence-corrected chi connectivity index (χ3v) is 4.20. The molecule has 2 aliphatic heterocycles. The Labute approximate surface area is 125 Å². The first-order valence-electron chi connectivity index (χ1n) is 7.34. The maximum Gasteiger partial charge on any atom is 0.161 e. The van der Waals surface area contributed by atoms with E-state index in [1.807, 2.05) is 6.92 Å². The fourth-order valence-corrected chi connectivity index (χ4v) is 2.95. The smallest absolute Gasteiger partial charge is 0.161 e. The Morgan fingerprint density at radius 3 is 2.19 bits per heavy atom. The molecule has 7 nitrogen and oxygen atoms in total. The highest BCUT2D eigenvalue weighted by atomic mass is 16.7. The number of rotatable bonds is 4. The number of methoxy groups -OCH3 is 2. The largest absolute Gasteiger partial charge is 0.388 e. The first kappa shape index (κ1) is 17.1. The van der Waals surface area contributed by atoms with E-state index in [0.717, 1.165) is 0 Å². The van der Waals surface area contributed by atoms with Gasteiger partial charge >= 0.3 is 0 Å². The van der Waals surface area contributed by atoms with Crippen molar-refractivity contribution < 1.29 is 33.9 Å². The predicted molar refractivity (Wildman–Crippen MR) is 72.6 cm³/mol. The second-order valence-corrected chi connectivity index (χ2v) is 5.68. The molecular weight excluding hydrogens is 280 g/mol. The van der Waals surface area contributed by atoms with E-state index in [-0.39, 0.29) is 30.5 Å². The van der Waals surface area contributed by atoms with Gasteiger partial charge in [-0.1, -0.05) is 0 Å². The van der Waals surface area contributed by atoms with Gasteiger partial charge in [0.25, 0.3) is 0 Å². The molecule has 0 amide bonds. The van der Waals surface area contributed by atoms with Crippen LogP contribution in [0.2, 0.25) is 0 Å². The van der Waals surface area contributed by atoms with Crippen LogP contribution in [0, 0.1) is 0 Å². The molecule has 0 aromatic rings. The summed E-state index contributed by atoms with van der Waals surface area (Å²) >= 11 is 0. The molecule has 2 aliphatic rings. The SMILES string of the molecule is CO[C@H]1C[C@H](O[C@H]2[C@@H](OC)CC(O)O[C@@H]2C)O[C@H](C)[C@H]1O. The minimum atomic E-state index is -0.843. The lowest BCUT2D eigenvalue weighted by molar-refractivity contribution is -0.310. The van der Waals surface area contributed by atoms with Gasteiger partial charge < -0.3 is 33.9 Å². The molecule has 8 atom stereocenters. The molecule has 0 bridgehead atoms. The zero-order valence-electron chi connectivity index (χ0n) is 13.0. The summed E-state index contributed by atoms with van der Waals surface area (Å²) in [6.07, 6.45) is -2.86. The summed E-state index contributed by atoms with van der Waals surface area (Å²) in [5, 5.41) is 19.6. The molecule has 21 heavy (non-hydrogen) atoms. The summed E-state index contributed by atoms with van der Waals surface area (Å²) in [5.74, 6) is 0. The summed E-state index contributed by atoms with van der Waals surface area (Å²) in [5.41, 5.74) is 0. The first-order valence-corrected chi connectivity index (χ1v) is 7.34. The van der Waals surface area contributed by atoms with Gasteiger partial charge in [-0.3, -0.25) is 0 Å². The van der Waals surface area contributed by atoms with E-state index in [2.05, 4.69) is 0 Å². The van der Waals surface area contributed by atoms with Gasteiger partial charge in [-0.2, -0.15) is 0 Å². The molecule has 0 aromatic carbocycles. The summed E-state index contributed by atoms with van der Waals surface area (Å²) in [6, 6.07) is 0. The van der Waals surface area contributed by atoms with Crippen molar-refractivity contribution in [2.75, 3.05) is 14.2 Å². The molecule has 0 aromatic heterocycles. The van der Waals surface area contributed by atoms with Gasteiger partial charge in [0.2, 0.25) is 0 Å². The van der Waals surface area contributed by atoms with Crippen LogP contribution in [0.5, 0.6) is 0 Å². The van der Waals surface area contributed by atoms with Crippen molar-refractivity contribution in [3.8, 4) is 0 Å². The molecule has 0 spiro atoms. The summed E-state index contributed by atoms with van der Waals surface area (Å²) in [6.45, 7) is 3.61. The molecule has 2 fully saturated rings. The van der Waals surface area contributed by atoms with Crippen molar-refractivity contribution in [2.45, 2.75) is 75.9 Å². The van der Waals surface area contributed by atoms with E-state index in [1.54, 1.807) is 21.1 Å². The molecule has 2 rings (SSSR count). The number of aliphatic hydroxyl groups excluding tert-OH is 2. The van der Waals surface area contributed by atoms with Crippen LogP contribution in [0.25, 0.3) is 0 Å². The molecule has 0 aliphatic carbocycles. The van der Waals surface area contributed by atoms with E-state index in [0.29, 0.717) is 12.8 Å². The van der Waals surface area contributed by atoms with Gasteiger partial charge in [-0.15, -0.1) is 0 Å². The van der Waals surface area contributed by atoms with E-state index in [4.69, 9.17) is 23.7 Å². The Morgan fingerprint density at radius 2 is 1.57 bits per heavy atom. The maximum absolute atomic E-state index is 9.96. The van der Waals surface area contributed by atoms with Crippen LogP contribution in [0.3, 0.4) is 0 Å². The third-order valence-electron chi connectivity index (χ3n) is 4.20. The summed E-state index contributed by atoms with van der Waals surface area (Å²) in [4.78, 5) is 0. The van der Waals surface area contributed by atoms with Gasteiger partial charge in [0.05, 0.1) is 24.4 Å². The van der Waals surface area contributed by atoms with E-state index >= 15 is 0 Å². The number of ether oxygens (including phenoxy) is 5. The zero-order chi connectivity index (χ0) is 15.6. The Balaban J connectivity index is 1.99. The van der Waals surface area contributed by atoms with Crippen LogP contribution < -0.4 is 0 Å². The Hall–Kier alpha value is -0.280. The fraction of sp³-hybridized carbons (Fsp3) is 1.00.